The van der Waals surface area contributed by atoms with Gasteiger partial charge in [0.2, 0.25) is 0 Å². The van der Waals surface area contributed by atoms with Crippen molar-refractivity contribution in [1.82, 2.24) is 0 Å². The second kappa shape index (κ2) is 15.9. The summed E-state index contributed by atoms with van der Waals surface area (Å²) >= 11 is 0. The summed E-state index contributed by atoms with van der Waals surface area (Å²) in [5, 5.41) is 0. The van der Waals surface area contributed by atoms with E-state index in [1.807, 2.05) is 24.3 Å². The van der Waals surface area contributed by atoms with Crippen molar-refractivity contribution in [2.45, 2.75) is 88.9 Å². The van der Waals surface area contributed by atoms with E-state index in [-0.39, 0.29) is 34.5 Å². The van der Waals surface area contributed by atoms with Crippen LogP contribution in [0.15, 0.2) is 53.4 Å². The Morgan fingerprint density at radius 2 is 1.35 bits per heavy atom. The number of hydrogen-bond acceptors (Lipinski definition) is 4. The molecule has 2 rings (SSSR count). The Morgan fingerprint density at radius 3 is 1.97 bits per heavy atom. The topological polar surface area (TPSA) is 66.4 Å². The van der Waals surface area contributed by atoms with Gasteiger partial charge in [0, 0.05) is 0 Å². The molecule has 0 aliphatic carbocycles. The second-order valence-corrected chi connectivity index (χ2v) is 9.30. The van der Waals surface area contributed by atoms with Crippen LogP contribution in [-0.4, -0.2) is 13.0 Å². The molecule has 31 heavy (non-hydrogen) atoms. The number of benzene rings is 2. The van der Waals surface area contributed by atoms with Gasteiger partial charge in [-0.3, -0.25) is 0 Å². The maximum absolute atomic E-state index is 11.2. The zero-order chi connectivity index (χ0) is 21.7. The summed E-state index contributed by atoms with van der Waals surface area (Å²) in [5.74, 6) is 1.07. The van der Waals surface area contributed by atoms with E-state index in [2.05, 4.69) is 6.92 Å². The minimum absolute atomic E-state index is 0. The van der Waals surface area contributed by atoms with Crippen LogP contribution in [-0.2, 0) is 16.5 Å². The molecule has 166 valence electrons. The summed E-state index contributed by atoms with van der Waals surface area (Å²) in [5.41, 5.74) is 1.10. The predicted molar refractivity (Wildman–Crippen MR) is 121 cm³/mol. The molecule has 6 heteroatoms. The number of rotatable bonds is 15. The molecule has 0 radical (unpaired) electrons. The van der Waals surface area contributed by atoms with E-state index >= 15 is 0 Å². The molecular weight excluding hydrogens is 419 g/mol. The van der Waals surface area contributed by atoms with Crippen molar-refractivity contribution in [3.8, 4) is 11.5 Å². The van der Waals surface area contributed by atoms with E-state index in [0.29, 0.717) is 11.5 Å². The van der Waals surface area contributed by atoms with Gasteiger partial charge in [0.25, 0.3) is 0 Å². The number of aryl methyl sites for hydroxylation is 1. The molecule has 0 spiro atoms. The van der Waals surface area contributed by atoms with Gasteiger partial charge < -0.3 is 9.29 Å². The van der Waals surface area contributed by atoms with Crippen molar-refractivity contribution in [1.29, 1.82) is 0 Å². The summed E-state index contributed by atoms with van der Waals surface area (Å²) in [6.07, 6.45) is 15.3. The summed E-state index contributed by atoms with van der Waals surface area (Å²) in [6, 6.07) is 13.5. The van der Waals surface area contributed by atoms with Crippen molar-refractivity contribution < 1.29 is 47.3 Å². The molecule has 2 aromatic carbocycles. The maximum Gasteiger partial charge on any atom is 1.00 e. The van der Waals surface area contributed by atoms with Crippen LogP contribution in [0.3, 0.4) is 0 Å². The average Bonchev–Trinajstić information content (AvgIpc) is 2.73. The average molecular weight is 455 g/mol. The molecule has 0 heterocycles. The molecule has 0 unspecified atom stereocenters. The predicted octanol–water partition coefficient (Wildman–Crippen LogP) is 4.24. The van der Waals surface area contributed by atoms with Crippen molar-refractivity contribution >= 4 is 10.1 Å². The maximum atomic E-state index is 11.2. The molecule has 0 amide bonds. The number of para-hydroxylation sites is 1. The van der Waals surface area contributed by atoms with Crippen molar-refractivity contribution in [3.05, 3.63) is 54.1 Å². The van der Waals surface area contributed by atoms with Crippen molar-refractivity contribution in [3.63, 3.8) is 0 Å². The third-order valence-corrected chi connectivity index (χ3v) is 6.18. The Balaban J connectivity index is 0.00000480. The Morgan fingerprint density at radius 1 is 0.774 bits per heavy atom. The fourth-order valence-electron chi connectivity index (χ4n) is 3.61. The van der Waals surface area contributed by atoms with Gasteiger partial charge >= 0.3 is 29.6 Å². The first-order chi connectivity index (χ1) is 14.5. The molecule has 2 aromatic rings. The van der Waals surface area contributed by atoms with E-state index in [4.69, 9.17) is 4.74 Å². The number of ether oxygens (including phenoxy) is 1. The first kappa shape index (κ1) is 28.2. The fourth-order valence-corrected chi connectivity index (χ4v) is 4.12. The normalized spacial score (nSPS) is 11.2. The van der Waals surface area contributed by atoms with Crippen molar-refractivity contribution in [2.75, 3.05) is 0 Å². The molecule has 4 nitrogen and oxygen atoms in total. The van der Waals surface area contributed by atoms with Gasteiger partial charge in [0.15, 0.2) is 0 Å². The summed E-state index contributed by atoms with van der Waals surface area (Å²) in [7, 11) is -4.49. The van der Waals surface area contributed by atoms with Gasteiger partial charge in [-0.05, 0) is 42.7 Å². The molecule has 0 bridgehead atoms. The van der Waals surface area contributed by atoms with Crippen LogP contribution in [0.4, 0.5) is 0 Å². The van der Waals surface area contributed by atoms with E-state index in [1.165, 1.54) is 82.4 Å². The first-order valence-electron chi connectivity index (χ1n) is 11.3. The van der Waals surface area contributed by atoms with Crippen LogP contribution in [0.25, 0.3) is 0 Å². The molecular formula is C25H35NaO4S. The van der Waals surface area contributed by atoms with Crippen LogP contribution in [0.2, 0.25) is 0 Å². The van der Waals surface area contributed by atoms with E-state index in [1.54, 1.807) is 6.07 Å². The van der Waals surface area contributed by atoms with E-state index in [0.717, 1.165) is 18.4 Å². The van der Waals surface area contributed by atoms with Gasteiger partial charge in [0.05, 0.1) is 4.90 Å². The second-order valence-electron chi connectivity index (χ2n) is 7.92. The molecule has 0 aromatic heterocycles. The van der Waals surface area contributed by atoms with E-state index < -0.39 is 10.1 Å². The van der Waals surface area contributed by atoms with Crippen LogP contribution in [0, 0.1) is 0 Å². The minimum atomic E-state index is -4.49. The van der Waals surface area contributed by atoms with Gasteiger partial charge in [-0.1, -0.05) is 95.4 Å². The molecule has 0 N–H and O–H groups in total. The van der Waals surface area contributed by atoms with Gasteiger partial charge in [-0.2, -0.15) is 0 Å². The smallest absolute Gasteiger partial charge is 0.744 e. The zero-order valence-corrected chi connectivity index (χ0v) is 22.0. The quantitative estimate of drug-likeness (QED) is 0.229. The Bertz CT molecular complexity index is 852. The Kier molecular flexibility index (Phi) is 14.4. The summed E-state index contributed by atoms with van der Waals surface area (Å²) < 4.78 is 39.6. The van der Waals surface area contributed by atoms with Crippen LogP contribution < -0.4 is 34.3 Å². The third kappa shape index (κ3) is 11.5. The third-order valence-electron chi connectivity index (χ3n) is 5.34. The van der Waals surface area contributed by atoms with E-state index in [9.17, 15) is 13.0 Å². The Hall–Kier alpha value is -0.850. The fraction of sp³-hybridized carbons (Fsp3) is 0.520. The van der Waals surface area contributed by atoms with Gasteiger partial charge in [0.1, 0.15) is 21.6 Å². The summed E-state index contributed by atoms with van der Waals surface area (Å²) in [4.78, 5) is -0.275. The first-order valence-corrected chi connectivity index (χ1v) is 12.7. The molecule has 0 atom stereocenters. The van der Waals surface area contributed by atoms with Crippen LogP contribution in [0.1, 0.15) is 83.1 Å². The number of unbranched alkanes of at least 4 members (excludes halogenated alkanes) is 10. The van der Waals surface area contributed by atoms with Crippen LogP contribution in [0.5, 0.6) is 11.5 Å². The Labute approximate surface area is 210 Å². The molecule has 0 fully saturated rings. The largest absolute Gasteiger partial charge is 1.00 e. The summed E-state index contributed by atoms with van der Waals surface area (Å²) in [6.45, 7) is 2.25. The van der Waals surface area contributed by atoms with Crippen LogP contribution >= 0.6 is 0 Å². The SMILES string of the molecule is CCCCCCCCCCCCCc1ccccc1Oc1cccc(S(=O)(=O)[O-])c1.[Na+]. The van der Waals surface area contributed by atoms with Crippen molar-refractivity contribution in [2.24, 2.45) is 0 Å². The molecule has 0 aliphatic heterocycles. The minimum Gasteiger partial charge on any atom is -0.744 e. The standard InChI is InChI=1S/C25H36O4S.Na/c1-2-3-4-5-6-7-8-9-10-11-12-16-22-17-13-14-20-25(22)29-23-18-15-19-24(21-23)30(26,27)28;/h13-15,17-21H,2-12,16H2,1H3,(H,26,27,28);/q;+1/p-1. The van der Waals surface area contributed by atoms with Gasteiger partial charge in [-0.25, -0.2) is 8.42 Å². The monoisotopic (exact) mass is 454 g/mol. The molecule has 0 saturated heterocycles. The van der Waals surface area contributed by atoms with Gasteiger partial charge in [-0.15, -0.1) is 0 Å². The number of hydrogen-bond donors (Lipinski definition) is 0. The molecule has 0 aliphatic rings. The zero-order valence-electron chi connectivity index (χ0n) is 19.1. The molecule has 0 saturated carbocycles.